The molecule has 0 saturated heterocycles. The molecule has 6 aromatic rings. The van der Waals surface area contributed by atoms with Crippen LogP contribution in [0.2, 0.25) is 0 Å². The van der Waals surface area contributed by atoms with E-state index in [0.717, 1.165) is 33.4 Å². The molecular weight excluding hydrogens is 1060 g/mol. The number of aliphatic carboxylic acids is 1. The summed E-state index contributed by atoms with van der Waals surface area (Å²) in [6.07, 6.45) is -0.261. The number of phenols is 6. The van der Waals surface area contributed by atoms with Gasteiger partial charge in [0.05, 0.1) is 11.8 Å². The first-order valence-corrected chi connectivity index (χ1v) is 31.0. The van der Waals surface area contributed by atoms with E-state index in [9.17, 15) is 40.5 Å². The van der Waals surface area contributed by atoms with Crippen LogP contribution >= 0.6 is 0 Å². The number of rotatable bonds is 11. The predicted octanol–water partition coefficient (Wildman–Crippen LogP) is 19.2. The summed E-state index contributed by atoms with van der Waals surface area (Å²) in [5, 5.41) is 87.8. The van der Waals surface area contributed by atoms with E-state index in [2.05, 4.69) is 143 Å². The lowest BCUT2D eigenvalue weighted by atomic mass is 9.63. The third kappa shape index (κ3) is 14.3. The van der Waals surface area contributed by atoms with Crippen LogP contribution < -0.4 is 0 Å². The zero-order valence-corrected chi connectivity index (χ0v) is 57.8. The number of aromatic hydroxyl groups is 6. The van der Waals surface area contributed by atoms with Crippen LogP contribution in [0, 0.1) is 0 Å². The van der Waals surface area contributed by atoms with Gasteiger partial charge >= 0.3 is 5.97 Å². The first kappa shape index (κ1) is 68.7. The number of phenolic OH excluding ortho intramolecular Hbond substituents is 6. The molecule has 8 heteroatoms. The smallest absolute Gasteiger partial charge is 0.304 e. The minimum atomic E-state index is -1.68. The number of hydrogen-bond donors (Lipinski definition) is 7. The molecule has 8 nitrogen and oxygen atoms in total. The van der Waals surface area contributed by atoms with Gasteiger partial charge in [0.2, 0.25) is 0 Å². The number of hydrogen-bond acceptors (Lipinski definition) is 7. The third-order valence-corrected chi connectivity index (χ3v) is 17.6. The Hall–Kier alpha value is -6.41. The summed E-state index contributed by atoms with van der Waals surface area (Å²) in [6.45, 7) is 56.1. The lowest BCUT2D eigenvalue weighted by molar-refractivity contribution is -0.137. The predicted molar refractivity (Wildman–Crippen MR) is 357 cm³/mol. The largest absolute Gasteiger partial charge is 0.507 e. The molecule has 0 fully saturated rings. The normalized spacial score (nSPS) is 13.6. The van der Waals surface area contributed by atoms with Crippen molar-refractivity contribution < 1.29 is 40.5 Å². The topological polar surface area (TPSA) is 159 Å². The summed E-state index contributed by atoms with van der Waals surface area (Å²) in [5.74, 6) is -0.665. The lowest BCUT2D eigenvalue weighted by Gasteiger charge is -2.39. The van der Waals surface area contributed by atoms with Crippen LogP contribution in [-0.2, 0) is 78.2 Å². The molecule has 0 bridgehead atoms. The molecule has 0 amide bonds. The summed E-state index contributed by atoms with van der Waals surface area (Å²) in [7, 11) is 0. The third-order valence-electron chi connectivity index (χ3n) is 17.6. The average molecular weight is 1170 g/mol. The van der Waals surface area contributed by atoms with Gasteiger partial charge in [0.25, 0.3) is 0 Å². The van der Waals surface area contributed by atoms with E-state index in [-0.39, 0.29) is 70.0 Å². The molecule has 0 spiro atoms. The number of benzene rings is 6. The molecule has 0 aliphatic rings. The fourth-order valence-electron chi connectivity index (χ4n) is 12.1. The van der Waals surface area contributed by atoms with Crippen LogP contribution in [0.25, 0.3) is 0 Å². The van der Waals surface area contributed by atoms with Gasteiger partial charge in [0.15, 0.2) is 0 Å². The van der Waals surface area contributed by atoms with Gasteiger partial charge in [-0.2, -0.15) is 0 Å². The SMILES string of the molecule is CC(C)(C)c1cc(Cc2cc(C(CC(=O)O)(c3cc(Cc4cc(C(C)(C)C)cc(C(C)(C)C)c4O)c(O)c(C(C)(C)C)c3)c3cc(Cc4cc(C(C)(C)C)cc(C(C)(C)C)c4O)c(O)c(C(C)(C)C)c3)cc(C(C)(C)C)c2O)c(O)c(C(C)(C)C)c1. The van der Waals surface area contributed by atoms with Gasteiger partial charge in [-0.05, 0) is 149 Å². The van der Waals surface area contributed by atoms with E-state index in [1.807, 2.05) is 117 Å². The van der Waals surface area contributed by atoms with Gasteiger partial charge in [-0.3, -0.25) is 4.79 Å². The van der Waals surface area contributed by atoms with Crippen molar-refractivity contribution in [1.29, 1.82) is 0 Å². The molecule has 0 unspecified atom stereocenters. The maximum atomic E-state index is 14.6. The van der Waals surface area contributed by atoms with Crippen LogP contribution in [0.4, 0.5) is 0 Å². The Morgan fingerprint density at radius 3 is 0.547 bits per heavy atom. The highest BCUT2D eigenvalue weighted by molar-refractivity contribution is 5.75. The van der Waals surface area contributed by atoms with Crippen molar-refractivity contribution in [3.8, 4) is 34.5 Å². The molecule has 7 N–H and O–H groups in total. The Labute approximate surface area is 518 Å². The van der Waals surface area contributed by atoms with E-state index in [4.69, 9.17) is 0 Å². The molecule has 0 heterocycles. The first-order valence-electron chi connectivity index (χ1n) is 31.0. The second-order valence-electron chi connectivity index (χ2n) is 34.4. The summed E-state index contributed by atoms with van der Waals surface area (Å²) in [5.41, 5.74) is 5.83. The molecule has 468 valence electrons. The fraction of sp³-hybridized carbons (Fsp3) is 0.526. The minimum absolute atomic E-state index is 0.0274. The van der Waals surface area contributed by atoms with Gasteiger partial charge in [-0.15, -0.1) is 0 Å². The number of carboxylic acids is 1. The quantitative estimate of drug-likeness (QED) is 0.0632. The molecule has 0 aromatic heterocycles. The Bertz CT molecular complexity index is 3200. The standard InChI is InChI=1S/C78H108O8/c1-69(2,3)50-31-44(63(81)56(37-50)72(10,11)12)28-47-34-53(40-59(66(47)84)75(19,20)21)78(43-62(79)80,54-35-48(67(85)60(41-54)76(22,23)24)29-45-32-51(70(4,5)6)38-57(64(45)82)73(13,14)15)55-36-49(68(86)61(42-55)77(25,26)27)30-46-33-52(71(7,8)9)39-58(65(46)83)74(16,17)18/h31-42,81-86H,28-30,43H2,1-27H3,(H,79,80). The minimum Gasteiger partial charge on any atom is -0.507 e. The van der Waals surface area contributed by atoms with Crippen molar-refractivity contribution in [3.05, 3.63) is 173 Å². The summed E-state index contributed by atoms with van der Waals surface area (Å²) in [4.78, 5) is 14.6. The van der Waals surface area contributed by atoms with Crippen molar-refractivity contribution in [1.82, 2.24) is 0 Å². The maximum Gasteiger partial charge on any atom is 0.304 e. The Morgan fingerprint density at radius 2 is 0.407 bits per heavy atom. The highest BCUT2D eigenvalue weighted by Crippen LogP contribution is 2.53. The van der Waals surface area contributed by atoms with Crippen LogP contribution in [0.15, 0.2) is 72.8 Å². The lowest BCUT2D eigenvalue weighted by Crippen LogP contribution is -2.34. The summed E-state index contributed by atoms with van der Waals surface area (Å²) < 4.78 is 0. The van der Waals surface area contributed by atoms with Crippen molar-refractivity contribution in [2.45, 2.75) is 267 Å². The van der Waals surface area contributed by atoms with Crippen molar-refractivity contribution in [2.75, 3.05) is 0 Å². The van der Waals surface area contributed by atoms with E-state index < -0.39 is 50.3 Å². The van der Waals surface area contributed by atoms with Gasteiger partial charge in [0.1, 0.15) is 34.5 Å². The van der Waals surface area contributed by atoms with Crippen LogP contribution in [0.1, 0.15) is 294 Å². The molecule has 0 saturated carbocycles. The maximum absolute atomic E-state index is 14.6. The van der Waals surface area contributed by atoms with E-state index >= 15 is 0 Å². The van der Waals surface area contributed by atoms with Gasteiger partial charge < -0.3 is 35.7 Å². The molecule has 86 heavy (non-hydrogen) atoms. The summed E-state index contributed by atoms with van der Waals surface area (Å²) in [6, 6.07) is 23.8. The molecule has 0 atom stereocenters. The monoisotopic (exact) mass is 1170 g/mol. The van der Waals surface area contributed by atoms with Gasteiger partial charge in [-0.25, -0.2) is 0 Å². The second-order valence-corrected chi connectivity index (χ2v) is 34.4. The number of carbonyl (C=O) groups is 1. The van der Waals surface area contributed by atoms with Gasteiger partial charge in [0, 0.05) is 19.3 Å². The van der Waals surface area contributed by atoms with Crippen LogP contribution in [0.5, 0.6) is 34.5 Å². The van der Waals surface area contributed by atoms with E-state index in [1.54, 1.807) is 0 Å². The zero-order chi connectivity index (χ0) is 65.7. The Balaban J connectivity index is 1.93. The molecule has 0 aliphatic carbocycles. The van der Waals surface area contributed by atoms with Crippen molar-refractivity contribution >= 4 is 5.97 Å². The summed E-state index contributed by atoms with van der Waals surface area (Å²) >= 11 is 0. The van der Waals surface area contributed by atoms with E-state index in [0.29, 0.717) is 66.8 Å². The van der Waals surface area contributed by atoms with Crippen molar-refractivity contribution in [3.63, 3.8) is 0 Å². The Morgan fingerprint density at radius 1 is 0.256 bits per heavy atom. The molecule has 6 aromatic carbocycles. The van der Waals surface area contributed by atoms with Crippen LogP contribution in [-0.4, -0.2) is 41.7 Å². The zero-order valence-electron chi connectivity index (χ0n) is 57.8. The number of carboxylic acid groups (broad SMARTS) is 1. The molecule has 0 radical (unpaired) electrons. The molecule has 6 rings (SSSR count). The second kappa shape index (κ2) is 22.6. The van der Waals surface area contributed by atoms with Crippen molar-refractivity contribution in [2.24, 2.45) is 0 Å². The fourth-order valence-corrected chi connectivity index (χ4v) is 12.1. The molecule has 0 aliphatic heterocycles. The average Bonchev–Trinajstić information content (AvgIpc) is 0.815. The molecular formula is C78H108O8. The highest BCUT2D eigenvalue weighted by atomic mass is 16.4. The first-order chi connectivity index (χ1) is 38.6. The Kier molecular flexibility index (Phi) is 18.1. The van der Waals surface area contributed by atoms with Crippen LogP contribution in [0.3, 0.4) is 0 Å². The van der Waals surface area contributed by atoms with Gasteiger partial charge in [-0.1, -0.05) is 260 Å². The highest BCUT2D eigenvalue weighted by Gasteiger charge is 2.44. The van der Waals surface area contributed by atoms with E-state index in [1.165, 1.54) is 0 Å².